The van der Waals surface area contributed by atoms with Crippen LogP contribution in [0.3, 0.4) is 0 Å². The Kier molecular flexibility index (Phi) is 8.32. The number of carbonyl (C=O) groups is 2. The Hall–Kier alpha value is -2.92. The molecule has 1 aliphatic heterocycles. The summed E-state index contributed by atoms with van der Waals surface area (Å²) in [5, 5.41) is 19.4. The van der Waals surface area contributed by atoms with E-state index in [0.29, 0.717) is 23.2 Å². The van der Waals surface area contributed by atoms with Crippen LogP contribution in [0.2, 0.25) is 0 Å². The lowest BCUT2D eigenvalue weighted by molar-refractivity contribution is 0.0827. The van der Waals surface area contributed by atoms with E-state index >= 15 is 0 Å². The van der Waals surface area contributed by atoms with Gasteiger partial charge in [-0.25, -0.2) is 8.42 Å². The number of ketones is 1. The van der Waals surface area contributed by atoms with Crippen molar-refractivity contribution in [2.24, 2.45) is 0 Å². The molecule has 0 saturated heterocycles. The average Bonchev–Trinajstić information content (AvgIpc) is 3.05. The first-order valence-corrected chi connectivity index (χ1v) is 12.9. The summed E-state index contributed by atoms with van der Waals surface area (Å²) in [6, 6.07) is 8.12. The molecule has 1 amide bonds. The summed E-state index contributed by atoms with van der Waals surface area (Å²) in [5.41, 5.74) is 2.06. The molecule has 2 aromatic rings. The van der Waals surface area contributed by atoms with Gasteiger partial charge in [0.05, 0.1) is 18.5 Å². The van der Waals surface area contributed by atoms with Crippen LogP contribution < -0.4 is 4.31 Å². The zero-order chi connectivity index (χ0) is 26.5. The van der Waals surface area contributed by atoms with Crippen molar-refractivity contribution in [3.05, 3.63) is 58.1 Å². The lowest BCUT2D eigenvalue weighted by Crippen LogP contribution is -2.31. The van der Waals surface area contributed by atoms with Gasteiger partial charge in [0.1, 0.15) is 11.6 Å². The quantitative estimate of drug-likeness (QED) is 0.505. The highest BCUT2D eigenvalue weighted by Gasteiger charge is 2.30. The van der Waals surface area contributed by atoms with Gasteiger partial charge in [-0.1, -0.05) is 26.8 Å². The molecule has 9 nitrogen and oxygen atoms in total. The maximum atomic E-state index is 13.3. The fourth-order valence-corrected chi connectivity index (χ4v) is 4.45. The number of hydrogen-bond donors (Lipinski definition) is 2. The highest BCUT2D eigenvalue weighted by molar-refractivity contribution is 8.93. The van der Waals surface area contributed by atoms with E-state index in [1.54, 1.807) is 43.3 Å². The SMILES string of the molecule is Br.CN(C)C(=O)c1ccc2c(c1)C(=N)N(CC(=O)c1cc(N(C)S(C)(=O)=O)c(O)c(C(C)(C)C)c1)C2. The number of halogens is 1. The van der Waals surface area contributed by atoms with Crippen LogP contribution in [0.4, 0.5) is 5.69 Å². The van der Waals surface area contributed by atoms with Crippen LogP contribution in [-0.2, 0) is 22.0 Å². The minimum Gasteiger partial charge on any atom is -0.505 e. The molecule has 0 atom stereocenters. The lowest BCUT2D eigenvalue weighted by atomic mass is 9.84. The Morgan fingerprint density at radius 1 is 1.08 bits per heavy atom. The van der Waals surface area contributed by atoms with Crippen molar-refractivity contribution in [1.29, 1.82) is 5.41 Å². The summed E-state index contributed by atoms with van der Waals surface area (Å²) in [6.07, 6.45) is 1.02. The molecule has 11 heteroatoms. The number of amidine groups is 1. The van der Waals surface area contributed by atoms with Crippen molar-refractivity contribution in [1.82, 2.24) is 9.80 Å². The van der Waals surface area contributed by atoms with E-state index in [4.69, 9.17) is 5.41 Å². The third-order valence-electron chi connectivity index (χ3n) is 6.09. The second-order valence-corrected chi connectivity index (χ2v) is 12.1. The number of anilines is 1. The number of fused-ring (bicyclic) bond motifs is 1. The van der Waals surface area contributed by atoms with E-state index in [1.165, 1.54) is 18.0 Å². The highest BCUT2D eigenvalue weighted by atomic mass is 79.9. The zero-order valence-corrected chi connectivity index (χ0v) is 24.1. The van der Waals surface area contributed by atoms with E-state index in [9.17, 15) is 23.1 Å². The molecule has 1 aliphatic rings. The molecule has 2 N–H and O–H groups in total. The molecule has 0 saturated carbocycles. The highest BCUT2D eigenvalue weighted by Crippen LogP contribution is 2.40. The summed E-state index contributed by atoms with van der Waals surface area (Å²) >= 11 is 0. The Bertz CT molecular complexity index is 1330. The molecule has 36 heavy (non-hydrogen) atoms. The molecule has 0 aliphatic carbocycles. The Morgan fingerprint density at radius 3 is 2.22 bits per heavy atom. The molecule has 3 rings (SSSR count). The minimum atomic E-state index is -3.68. The number of sulfonamides is 1. The predicted octanol–water partition coefficient (Wildman–Crippen LogP) is 3.39. The third-order valence-corrected chi connectivity index (χ3v) is 7.28. The monoisotopic (exact) mass is 580 g/mol. The van der Waals surface area contributed by atoms with Crippen molar-refractivity contribution in [3.8, 4) is 5.75 Å². The maximum Gasteiger partial charge on any atom is 0.253 e. The average molecular weight is 582 g/mol. The van der Waals surface area contributed by atoms with Crippen molar-refractivity contribution in [2.75, 3.05) is 38.2 Å². The van der Waals surface area contributed by atoms with Gasteiger partial charge in [-0.3, -0.25) is 19.3 Å². The van der Waals surface area contributed by atoms with Crippen LogP contribution >= 0.6 is 17.0 Å². The number of hydrogen-bond acceptors (Lipinski definition) is 6. The van der Waals surface area contributed by atoms with Gasteiger partial charge in [0.15, 0.2) is 5.78 Å². The second kappa shape index (κ2) is 10.2. The van der Waals surface area contributed by atoms with Crippen LogP contribution in [0, 0.1) is 5.41 Å². The Morgan fingerprint density at radius 2 is 1.69 bits per heavy atom. The summed E-state index contributed by atoms with van der Waals surface area (Å²) < 4.78 is 25.3. The minimum absolute atomic E-state index is 0. The van der Waals surface area contributed by atoms with Gasteiger partial charge in [-0.2, -0.15) is 0 Å². The number of rotatable bonds is 6. The van der Waals surface area contributed by atoms with Crippen molar-refractivity contribution < 1.29 is 23.1 Å². The molecule has 0 spiro atoms. The van der Waals surface area contributed by atoms with Crippen LogP contribution in [-0.4, -0.2) is 74.8 Å². The molecule has 2 aromatic carbocycles. The van der Waals surface area contributed by atoms with Gasteiger partial charge in [-0.15, -0.1) is 17.0 Å². The molecular weight excluding hydrogens is 548 g/mol. The fourth-order valence-electron chi connectivity index (χ4n) is 3.95. The van der Waals surface area contributed by atoms with Gasteiger partial charge < -0.3 is 14.9 Å². The lowest BCUT2D eigenvalue weighted by Gasteiger charge is -2.26. The number of amides is 1. The number of nitrogens with one attached hydrogen (secondary N) is 1. The van der Waals surface area contributed by atoms with Gasteiger partial charge in [0, 0.05) is 49.9 Å². The van der Waals surface area contributed by atoms with E-state index in [0.717, 1.165) is 16.1 Å². The maximum absolute atomic E-state index is 13.3. The van der Waals surface area contributed by atoms with E-state index in [1.807, 2.05) is 20.8 Å². The summed E-state index contributed by atoms with van der Waals surface area (Å²) in [4.78, 5) is 28.7. The molecule has 1 heterocycles. The Labute approximate surface area is 223 Å². The normalized spacial score (nSPS) is 13.2. The number of aromatic hydroxyl groups is 1. The molecule has 0 fully saturated rings. The number of phenolic OH excluding ortho intramolecular Hbond substituents is 1. The van der Waals surface area contributed by atoms with Crippen molar-refractivity contribution in [3.63, 3.8) is 0 Å². The number of phenols is 1. The van der Waals surface area contributed by atoms with E-state index in [2.05, 4.69) is 0 Å². The summed E-state index contributed by atoms with van der Waals surface area (Å²) in [5.74, 6) is -0.538. The molecule has 196 valence electrons. The second-order valence-electron chi connectivity index (χ2n) is 10.1. The predicted molar refractivity (Wildman–Crippen MR) is 146 cm³/mol. The molecule has 0 radical (unpaired) electrons. The molecule has 0 unspecified atom stereocenters. The number of benzene rings is 2. The van der Waals surface area contributed by atoms with Gasteiger partial charge >= 0.3 is 0 Å². The number of Topliss-reactive ketones (excluding diaryl/α,β-unsaturated/α-hetero) is 1. The zero-order valence-electron chi connectivity index (χ0n) is 21.5. The van der Waals surface area contributed by atoms with Crippen LogP contribution in [0.5, 0.6) is 5.75 Å². The van der Waals surface area contributed by atoms with Gasteiger partial charge in [0.25, 0.3) is 5.91 Å². The number of nitrogens with zero attached hydrogens (tertiary/aromatic N) is 3. The van der Waals surface area contributed by atoms with Crippen LogP contribution in [0.25, 0.3) is 0 Å². The summed E-state index contributed by atoms with van der Waals surface area (Å²) in [6.45, 7) is 5.82. The Balaban J connectivity index is 0.00000456. The van der Waals surface area contributed by atoms with E-state index < -0.39 is 15.4 Å². The third kappa shape index (κ3) is 5.73. The molecule has 0 bridgehead atoms. The van der Waals surface area contributed by atoms with Crippen molar-refractivity contribution >= 4 is 50.2 Å². The van der Waals surface area contributed by atoms with E-state index in [-0.39, 0.29) is 58.1 Å². The smallest absolute Gasteiger partial charge is 0.253 e. The summed E-state index contributed by atoms with van der Waals surface area (Å²) in [7, 11) is 0.958. The first kappa shape index (κ1) is 29.3. The van der Waals surface area contributed by atoms with Gasteiger partial charge in [-0.05, 0) is 35.2 Å². The largest absolute Gasteiger partial charge is 0.505 e. The fraction of sp³-hybridized carbons (Fsp3) is 0.400. The first-order chi connectivity index (χ1) is 16.0. The molecule has 0 aromatic heterocycles. The standard InChI is InChI=1S/C25H32N4O5S.BrH/c1-25(2,3)19-11-17(12-20(22(19)31)28(6)35(7,33)34)21(30)14-29-13-16-9-8-15(24(32)27(4)5)10-18(16)23(29)26;/h8-12,26,31H,13-14H2,1-7H3;1H. The van der Waals surface area contributed by atoms with Crippen molar-refractivity contribution in [2.45, 2.75) is 32.7 Å². The first-order valence-electron chi connectivity index (χ1n) is 11.1. The van der Waals surface area contributed by atoms with Crippen LogP contribution in [0.1, 0.15) is 58.2 Å². The van der Waals surface area contributed by atoms with Gasteiger partial charge in [0.2, 0.25) is 10.0 Å². The van der Waals surface area contributed by atoms with Crippen LogP contribution in [0.15, 0.2) is 30.3 Å². The molecular formula is C25H33BrN4O5S. The topological polar surface area (TPSA) is 122 Å². The number of carbonyl (C=O) groups excluding carboxylic acids is 2.